The number of carbonyl (C=O) groups is 1. The molecule has 0 saturated carbocycles. The van der Waals surface area contributed by atoms with Crippen LogP contribution in [0.3, 0.4) is 0 Å². The quantitative estimate of drug-likeness (QED) is 0.652. The molecule has 0 fully saturated rings. The van der Waals surface area contributed by atoms with Gasteiger partial charge in [-0.15, -0.1) is 0 Å². The van der Waals surface area contributed by atoms with E-state index < -0.39 is 0 Å². The number of hydrogen-bond acceptors (Lipinski definition) is 1. The molecule has 1 heteroatoms. The predicted octanol–water partition coefficient (Wildman–Crippen LogP) is 4.68. The highest BCUT2D eigenvalue weighted by Crippen LogP contribution is 2.25. The first-order valence-corrected chi connectivity index (χ1v) is 6.97. The van der Waals surface area contributed by atoms with E-state index in [0.29, 0.717) is 11.7 Å². The van der Waals surface area contributed by atoms with Crippen molar-refractivity contribution in [2.75, 3.05) is 0 Å². The zero-order valence-corrected chi connectivity index (χ0v) is 11.8. The van der Waals surface area contributed by atoms with Gasteiger partial charge in [0.2, 0.25) is 0 Å². The molecule has 0 radical (unpaired) electrons. The van der Waals surface area contributed by atoms with Crippen LogP contribution in [-0.2, 0) is 4.79 Å². The Morgan fingerprint density at radius 3 is 2.53 bits per heavy atom. The van der Waals surface area contributed by atoms with Crippen LogP contribution in [-0.4, -0.2) is 5.78 Å². The van der Waals surface area contributed by atoms with Gasteiger partial charge in [-0.1, -0.05) is 45.8 Å². The van der Waals surface area contributed by atoms with E-state index >= 15 is 0 Å². The summed E-state index contributed by atoms with van der Waals surface area (Å²) >= 11 is 0. The van der Waals surface area contributed by atoms with Crippen LogP contribution in [0, 0.1) is 11.8 Å². The second-order valence-electron chi connectivity index (χ2n) is 5.48. The molecule has 0 bridgehead atoms. The Balaban J connectivity index is 2.57. The second-order valence-corrected chi connectivity index (χ2v) is 5.48. The molecule has 1 aliphatic rings. The monoisotopic (exact) mass is 234 g/mol. The lowest BCUT2D eigenvalue weighted by atomic mass is 9.85. The fourth-order valence-corrected chi connectivity index (χ4v) is 2.68. The minimum atomic E-state index is 0.171. The summed E-state index contributed by atoms with van der Waals surface area (Å²) < 4.78 is 0. The van der Waals surface area contributed by atoms with Crippen LogP contribution < -0.4 is 0 Å². The molecular formula is C16H26O. The van der Waals surface area contributed by atoms with Gasteiger partial charge >= 0.3 is 0 Å². The summed E-state index contributed by atoms with van der Waals surface area (Å²) in [6.45, 7) is 8.60. The van der Waals surface area contributed by atoms with Gasteiger partial charge in [0, 0.05) is 11.5 Å². The Morgan fingerprint density at radius 1 is 1.29 bits per heavy atom. The molecule has 1 nitrogen and oxygen atoms in total. The molecule has 2 unspecified atom stereocenters. The fourth-order valence-electron chi connectivity index (χ4n) is 2.68. The average Bonchev–Trinajstić information content (AvgIpc) is 2.29. The molecule has 0 aromatic rings. The normalized spacial score (nSPS) is 19.3. The maximum atomic E-state index is 12.3. The van der Waals surface area contributed by atoms with Crippen molar-refractivity contribution in [3.63, 3.8) is 0 Å². The van der Waals surface area contributed by atoms with Crippen molar-refractivity contribution in [3.05, 3.63) is 23.3 Å². The van der Waals surface area contributed by atoms with Crippen molar-refractivity contribution in [1.82, 2.24) is 0 Å². The van der Waals surface area contributed by atoms with E-state index in [0.717, 1.165) is 24.8 Å². The van der Waals surface area contributed by atoms with Gasteiger partial charge in [0.25, 0.3) is 0 Å². The summed E-state index contributed by atoms with van der Waals surface area (Å²) in [6, 6.07) is 0. The summed E-state index contributed by atoms with van der Waals surface area (Å²) in [6.07, 6.45) is 9.89. The largest absolute Gasteiger partial charge is 0.294 e. The van der Waals surface area contributed by atoms with Crippen molar-refractivity contribution < 1.29 is 4.79 Å². The van der Waals surface area contributed by atoms with E-state index in [-0.39, 0.29) is 5.92 Å². The predicted molar refractivity (Wildman–Crippen MR) is 73.9 cm³/mol. The fraction of sp³-hybridized carbons (Fsp3) is 0.688. The molecule has 0 aliphatic heterocycles. The molecule has 0 heterocycles. The lowest BCUT2D eigenvalue weighted by molar-refractivity contribution is -0.119. The van der Waals surface area contributed by atoms with Crippen molar-refractivity contribution in [2.24, 2.45) is 11.8 Å². The molecule has 0 spiro atoms. The van der Waals surface area contributed by atoms with Gasteiger partial charge in [0.1, 0.15) is 0 Å². The first-order chi connectivity index (χ1) is 8.06. The van der Waals surface area contributed by atoms with Gasteiger partial charge in [-0.05, 0) is 37.7 Å². The average molecular weight is 234 g/mol. The lowest BCUT2D eigenvalue weighted by Gasteiger charge is -2.19. The van der Waals surface area contributed by atoms with Crippen LogP contribution in [0.5, 0.6) is 0 Å². The van der Waals surface area contributed by atoms with E-state index in [1.165, 1.54) is 18.4 Å². The Kier molecular flexibility index (Phi) is 5.67. The number of Topliss-reactive ketones (excluding diaryl/α,β-unsaturated/α-hetero) is 1. The molecule has 2 atom stereocenters. The topological polar surface area (TPSA) is 17.1 Å². The Bertz CT molecular complexity index is 322. The van der Waals surface area contributed by atoms with E-state index in [1.807, 2.05) is 0 Å². The van der Waals surface area contributed by atoms with Crippen molar-refractivity contribution >= 4 is 5.78 Å². The van der Waals surface area contributed by atoms with Gasteiger partial charge < -0.3 is 0 Å². The molecule has 0 aromatic carbocycles. The van der Waals surface area contributed by atoms with Crippen molar-refractivity contribution in [3.8, 4) is 0 Å². The number of hydrogen-bond donors (Lipinski definition) is 0. The minimum Gasteiger partial charge on any atom is -0.294 e. The van der Waals surface area contributed by atoms with Crippen LogP contribution >= 0.6 is 0 Å². The molecule has 96 valence electrons. The van der Waals surface area contributed by atoms with E-state index in [2.05, 4.69) is 39.8 Å². The first kappa shape index (κ1) is 14.2. The van der Waals surface area contributed by atoms with Gasteiger partial charge in [-0.3, -0.25) is 4.79 Å². The summed E-state index contributed by atoms with van der Waals surface area (Å²) in [5.74, 6) is 1.18. The third-order valence-electron chi connectivity index (χ3n) is 3.64. The molecule has 17 heavy (non-hydrogen) atoms. The maximum absolute atomic E-state index is 12.3. The van der Waals surface area contributed by atoms with Crippen LogP contribution in [0.4, 0.5) is 0 Å². The third kappa shape index (κ3) is 4.14. The first-order valence-electron chi connectivity index (χ1n) is 6.97. The Morgan fingerprint density at radius 2 is 1.94 bits per heavy atom. The van der Waals surface area contributed by atoms with Crippen LogP contribution in [0.2, 0.25) is 0 Å². The Hall–Kier alpha value is -0.850. The molecule has 0 amide bonds. The SMILES string of the molecule is CCCC(C)CC(C)C(=O)C1=CCCC=C1C. The van der Waals surface area contributed by atoms with Crippen LogP contribution in [0.15, 0.2) is 23.3 Å². The summed E-state index contributed by atoms with van der Waals surface area (Å²) in [7, 11) is 0. The highest BCUT2D eigenvalue weighted by molar-refractivity contribution is 6.00. The van der Waals surface area contributed by atoms with Crippen molar-refractivity contribution in [1.29, 1.82) is 0 Å². The minimum absolute atomic E-state index is 0.171. The summed E-state index contributed by atoms with van der Waals surface area (Å²) in [5, 5.41) is 0. The highest BCUT2D eigenvalue weighted by Gasteiger charge is 2.21. The second kappa shape index (κ2) is 6.78. The highest BCUT2D eigenvalue weighted by atomic mass is 16.1. The van der Waals surface area contributed by atoms with Crippen LogP contribution in [0.1, 0.15) is 59.8 Å². The van der Waals surface area contributed by atoms with E-state index in [4.69, 9.17) is 0 Å². The van der Waals surface area contributed by atoms with E-state index in [9.17, 15) is 4.79 Å². The molecule has 0 aromatic heterocycles. The van der Waals surface area contributed by atoms with E-state index in [1.54, 1.807) is 0 Å². The number of rotatable bonds is 6. The summed E-state index contributed by atoms with van der Waals surface area (Å²) in [4.78, 5) is 12.3. The smallest absolute Gasteiger partial charge is 0.165 e. The standard InChI is InChI=1S/C16H26O/c1-5-8-12(2)11-14(4)16(17)15-10-7-6-9-13(15)3/h9-10,12,14H,5-8,11H2,1-4H3. The van der Waals surface area contributed by atoms with Crippen LogP contribution in [0.25, 0.3) is 0 Å². The number of carbonyl (C=O) groups excluding carboxylic acids is 1. The molecule has 0 N–H and O–H groups in total. The maximum Gasteiger partial charge on any atom is 0.165 e. The number of ketones is 1. The molecule has 1 rings (SSSR count). The summed E-state index contributed by atoms with van der Waals surface area (Å²) in [5.41, 5.74) is 2.16. The number of allylic oxidation sites excluding steroid dienone is 4. The van der Waals surface area contributed by atoms with Gasteiger partial charge in [-0.25, -0.2) is 0 Å². The van der Waals surface area contributed by atoms with Gasteiger partial charge in [0.05, 0.1) is 0 Å². The molecular weight excluding hydrogens is 208 g/mol. The van der Waals surface area contributed by atoms with Crippen molar-refractivity contribution in [2.45, 2.75) is 59.8 Å². The molecule has 0 saturated heterocycles. The molecule has 1 aliphatic carbocycles. The van der Waals surface area contributed by atoms with Gasteiger partial charge in [-0.2, -0.15) is 0 Å². The third-order valence-corrected chi connectivity index (χ3v) is 3.64. The van der Waals surface area contributed by atoms with Gasteiger partial charge in [0.15, 0.2) is 5.78 Å². The zero-order valence-electron chi connectivity index (χ0n) is 11.8. The Labute approximate surface area is 106 Å². The zero-order chi connectivity index (χ0) is 12.8. The lowest BCUT2D eigenvalue weighted by Crippen LogP contribution is -2.18.